The lowest BCUT2D eigenvalue weighted by atomic mass is 10.0. The summed E-state index contributed by atoms with van der Waals surface area (Å²) >= 11 is 2.91. The molecule has 0 aliphatic carbocycles. The second-order valence-corrected chi connectivity index (χ2v) is 6.76. The van der Waals surface area contributed by atoms with Crippen LogP contribution in [-0.4, -0.2) is 14.9 Å². The van der Waals surface area contributed by atoms with Crippen molar-refractivity contribution in [2.24, 2.45) is 0 Å². The molecule has 8 heteroatoms. The summed E-state index contributed by atoms with van der Waals surface area (Å²) in [5, 5.41) is 10.0. The Morgan fingerprint density at radius 1 is 1.15 bits per heavy atom. The second-order valence-electron chi connectivity index (χ2n) is 4.26. The first-order valence-corrected chi connectivity index (χ1v) is 7.84. The Balaban J connectivity index is 2.71. The average Bonchev–Trinajstić information content (AvgIpc) is 2.35. The topological polar surface area (TPSA) is 77.8 Å². The van der Waals surface area contributed by atoms with E-state index in [0.29, 0.717) is 16.3 Å². The summed E-state index contributed by atoms with van der Waals surface area (Å²) in [5.74, 6) is 0. The van der Waals surface area contributed by atoms with Crippen LogP contribution in [0.2, 0.25) is 0 Å². The fraction of sp³-hybridized carbons (Fsp3) is 0.167. The molecule has 0 radical (unpaired) electrons. The van der Waals surface area contributed by atoms with Crippen molar-refractivity contribution in [3.05, 3.63) is 45.9 Å². The van der Waals surface area contributed by atoms with Gasteiger partial charge in [-0.1, -0.05) is 28.1 Å². The summed E-state index contributed by atoms with van der Waals surface area (Å²) in [5.41, 5.74) is -4.55. The van der Waals surface area contributed by atoms with Crippen molar-refractivity contribution >= 4 is 34.3 Å². The number of alkyl halides is 2. The Hall–Kier alpha value is -0.850. The van der Waals surface area contributed by atoms with E-state index in [1.54, 1.807) is 12.1 Å². The first-order chi connectivity index (χ1) is 9.16. The molecule has 0 aliphatic heterocycles. The van der Waals surface area contributed by atoms with Gasteiger partial charge in [0.25, 0.3) is 0 Å². The molecule has 0 fully saturated rings. The summed E-state index contributed by atoms with van der Waals surface area (Å²) in [6.45, 7) is -0.254. The quantitative estimate of drug-likeness (QED) is 0.728. The van der Waals surface area contributed by atoms with E-state index >= 15 is 0 Å². The predicted octanol–water partition coefficient (Wildman–Crippen LogP) is 3.32. The van der Waals surface area contributed by atoms with Crippen molar-refractivity contribution < 1.29 is 28.2 Å². The highest BCUT2D eigenvalue weighted by Gasteiger charge is 2.51. The highest BCUT2D eigenvalue weighted by atomic mass is 79.9. The number of hydrogen-bond acceptors (Lipinski definition) is 2. The molecule has 0 aliphatic rings. The van der Waals surface area contributed by atoms with Gasteiger partial charge in [-0.05, 0) is 34.5 Å². The maximum absolute atomic E-state index is 13.8. The Labute approximate surface area is 121 Å². The Morgan fingerprint density at radius 2 is 1.80 bits per heavy atom. The smallest absolute Gasteiger partial charge is 0.392 e. The van der Waals surface area contributed by atoms with Gasteiger partial charge in [-0.3, -0.25) is 4.57 Å². The number of aliphatic hydroxyl groups is 1. The first kappa shape index (κ1) is 15.5. The number of halogens is 3. The minimum absolute atomic E-state index is 0.0879. The van der Waals surface area contributed by atoms with Gasteiger partial charge in [0.05, 0.1) is 6.61 Å². The highest BCUT2D eigenvalue weighted by molar-refractivity contribution is 9.10. The first-order valence-electron chi connectivity index (χ1n) is 5.44. The van der Waals surface area contributed by atoms with Gasteiger partial charge < -0.3 is 14.9 Å². The van der Waals surface area contributed by atoms with E-state index in [2.05, 4.69) is 15.9 Å². The third-order valence-corrected chi connectivity index (χ3v) is 4.49. The van der Waals surface area contributed by atoms with Gasteiger partial charge in [0, 0.05) is 10.0 Å². The van der Waals surface area contributed by atoms with Gasteiger partial charge in [0.2, 0.25) is 0 Å². The summed E-state index contributed by atoms with van der Waals surface area (Å²) in [7, 11) is -5.63. The monoisotopic (exact) mass is 366 g/mol. The van der Waals surface area contributed by atoms with Crippen LogP contribution in [0.15, 0.2) is 34.8 Å². The van der Waals surface area contributed by atoms with Crippen LogP contribution in [0.4, 0.5) is 8.78 Å². The molecule has 4 nitrogen and oxygen atoms in total. The summed E-state index contributed by atoms with van der Waals surface area (Å²) in [6, 6.07) is 7.12. The zero-order chi connectivity index (χ0) is 15.1. The highest BCUT2D eigenvalue weighted by Crippen LogP contribution is 2.60. The van der Waals surface area contributed by atoms with Crippen molar-refractivity contribution in [1.82, 2.24) is 0 Å². The third-order valence-electron chi connectivity index (χ3n) is 2.86. The Bertz CT molecular complexity index is 714. The van der Waals surface area contributed by atoms with Crippen LogP contribution in [0.3, 0.4) is 0 Å². The van der Waals surface area contributed by atoms with E-state index in [-0.39, 0.29) is 11.1 Å². The van der Waals surface area contributed by atoms with E-state index in [4.69, 9.17) is 14.9 Å². The molecule has 2 aromatic rings. The van der Waals surface area contributed by atoms with Crippen LogP contribution >= 0.6 is 23.5 Å². The van der Waals surface area contributed by atoms with E-state index in [9.17, 15) is 13.3 Å². The van der Waals surface area contributed by atoms with Crippen molar-refractivity contribution in [3.63, 3.8) is 0 Å². The second kappa shape index (κ2) is 5.16. The molecule has 0 saturated carbocycles. The van der Waals surface area contributed by atoms with Gasteiger partial charge >= 0.3 is 13.3 Å². The van der Waals surface area contributed by atoms with Crippen LogP contribution in [0, 0.1) is 0 Å². The molecule has 0 heterocycles. The van der Waals surface area contributed by atoms with Crippen LogP contribution in [0.1, 0.15) is 11.1 Å². The number of hydrogen-bond donors (Lipinski definition) is 3. The molecule has 0 bridgehead atoms. The predicted molar refractivity (Wildman–Crippen MR) is 73.5 cm³/mol. The van der Waals surface area contributed by atoms with Gasteiger partial charge in [-0.25, -0.2) is 0 Å². The summed E-state index contributed by atoms with van der Waals surface area (Å²) in [6.07, 6.45) is 0. The van der Waals surface area contributed by atoms with Crippen molar-refractivity contribution in [2.75, 3.05) is 0 Å². The largest absolute Gasteiger partial charge is 0.399 e. The molecule has 20 heavy (non-hydrogen) atoms. The Kier molecular flexibility index (Phi) is 4.01. The van der Waals surface area contributed by atoms with Crippen molar-refractivity contribution in [2.45, 2.75) is 12.3 Å². The minimum Gasteiger partial charge on any atom is -0.392 e. The van der Waals surface area contributed by atoms with Crippen LogP contribution in [-0.2, 0) is 16.8 Å². The van der Waals surface area contributed by atoms with Gasteiger partial charge in [-0.15, -0.1) is 0 Å². The molecule has 0 spiro atoms. The minimum atomic E-state index is -5.63. The lowest BCUT2D eigenvalue weighted by Gasteiger charge is -2.20. The molecule has 0 unspecified atom stereocenters. The number of fused-ring (bicyclic) bond motifs is 1. The molecule has 108 valence electrons. The van der Waals surface area contributed by atoms with E-state index < -0.39 is 18.8 Å². The summed E-state index contributed by atoms with van der Waals surface area (Å²) < 4.78 is 38.4. The molecule has 0 aromatic heterocycles. The van der Waals surface area contributed by atoms with Crippen LogP contribution in [0.5, 0.6) is 0 Å². The lowest BCUT2D eigenvalue weighted by Crippen LogP contribution is -2.14. The van der Waals surface area contributed by atoms with Crippen molar-refractivity contribution in [3.8, 4) is 0 Å². The average molecular weight is 367 g/mol. The van der Waals surface area contributed by atoms with E-state index in [0.717, 1.165) is 6.07 Å². The zero-order valence-electron chi connectivity index (χ0n) is 9.92. The maximum Gasteiger partial charge on any atom is 0.399 e. The maximum atomic E-state index is 13.8. The summed E-state index contributed by atoms with van der Waals surface area (Å²) in [4.78, 5) is 17.6. The van der Waals surface area contributed by atoms with Gasteiger partial charge in [0.15, 0.2) is 0 Å². The van der Waals surface area contributed by atoms with Crippen LogP contribution < -0.4 is 0 Å². The molecular weight excluding hydrogens is 357 g/mol. The number of rotatable bonds is 3. The molecule has 3 N–H and O–H groups in total. The molecule has 2 aromatic carbocycles. The molecule has 0 saturated heterocycles. The SMILES string of the molecule is O=P(O)(O)C(F)(F)c1cc2cc(CO)ccc2cc1Br. The van der Waals surface area contributed by atoms with Crippen molar-refractivity contribution in [1.29, 1.82) is 0 Å². The lowest BCUT2D eigenvalue weighted by molar-refractivity contribution is 0.0559. The standard InChI is InChI=1S/C12H10BrF2O4P/c13-11-5-8-2-1-7(6-16)3-9(8)4-10(11)12(14,15)20(17,18)19/h1-5,16H,6H2,(H2,17,18,19). The van der Waals surface area contributed by atoms with Gasteiger partial charge in [-0.2, -0.15) is 8.78 Å². The molecule has 2 rings (SSSR count). The molecule has 0 atom stereocenters. The van der Waals surface area contributed by atoms with E-state index in [1.165, 1.54) is 12.1 Å². The molecule has 0 amide bonds. The number of aliphatic hydroxyl groups excluding tert-OH is 1. The third kappa shape index (κ3) is 2.64. The van der Waals surface area contributed by atoms with Gasteiger partial charge in [0.1, 0.15) is 0 Å². The molecular formula is C12H10BrF2O4P. The zero-order valence-corrected chi connectivity index (χ0v) is 12.4. The van der Waals surface area contributed by atoms with E-state index in [1.807, 2.05) is 0 Å². The number of benzene rings is 2. The van der Waals surface area contributed by atoms with Crippen LogP contribution in [0.25, 0.3) is 10.8 Å². The fourth-order valence-corrected chi connectivity index (χ4v) is 3.07. The fourth-order valence-electron chi connectivity index (χ4n) is 1.81. The Morgan fingerprint density at radius 3 is 2.35 bits per heavy atom. The normalized spacial score (nSPS) is 12.9.